The molecular weight excluding hydrogens is 285 g/mol. The average Bonchev–Trinajstić information content (AvgIpc) is 2.85. The smallest absolute Gasteiger partial charge is 0.198 e. The predicted octanol–water partition coefficient (Wildman–Crippen LogP) is 1.76. The van der Waals surface area contributed by atoms with E-state index in [1.165, 1.54) is 29.0 Å². The lowest BCUT2D eigenvalue weighted by molar-refractivity contribution is -0.306. The summed E-state index contributed by atoms with van der Waals surface area (Å²) in [7, 11) is 0. The molecule has 0 saturated carbocycles. The van der Waals surface area contributed by atoms with Gasteiger partial charge in [0.15, 0.2) is 5.78 Å². The number of aromatic nitrogens is 1. The van der Waals surface area contributed by atoms with E-state index in [1.807, 2.05) is 0 Å². The van der Waals surface area contributed by atoms with E-state index in [-0.39, 0.29) is 17.7 Å². The van der Waals surface area contributed by atoms with Crippen LogP contribution in [0, 0.1) is 5.82 Å². The number of fused-ring (bicyclic) bond motifs is 1. The zero-order chi connectivity index (χ0) is 15.7. The number of hydrogen-bond donors (Lipinski definition) is 0. The molecule has 0 atom stereocenters. The van der Waals surface area contributed by atoms with E-state index in [0.717, 1.165) is 0 Å². The summed E-state index contributed by atoms with van der Waals surface area (Å²) < 4.78 is 15.2. The lowest BCUT2D eigenvalue weighted by Crippen LogP contribution is -2.27. The molecule has 0 fully saturated rings. The average molecular weight is 296 g/mol. The second-order valence-electron chi connectivity index (χ2n) is 4.87. The maximum absolute atomic E-state index is 13.8. The molecule has 1 aromatic heterocycles. The summed E-state index contributed by atoms with van der Waals surface area (Å²) in [6, 6.07) is 12.6. The minimum Gasteiger partial charge on any atom is -0.548 e. The highest BCUT2D eigenvalue weighted by Gasteiger charge is 2.19. The number of halogens is 1. The van der Waals surface area contributed by atoms with Crippen LogP contribution in [0.25, 0.3) is 10.9 Å². The number of nitrogens with zero attached hydrogens (tertiary/aromatic N) is 1. The van der Waals surface area contributed by atoms with Gasteiger partial charge in [-0.05, 0) is 18.2 Å². The summed E-state index contributed by atoms with van der Waals surface area (Å²) in [5.74, 6) is -2.35. The van der Waals surface area contributed by atoms with Gasteiger partial charge in [-0.25, -0.2) is 4.39 Å². The molecule has 0 aliphatic heterocycles. The number of carboxylic acid groups (broad SMARTS) is 1. The summed E-state index contributed by atoms with van der Waals surface area (Å²) in [5, 5.41) is 11.4. The van der Waals surface area contributed by atoms with Gasteiger partial charge in [-0.1, -0.05) is 30.3 Å². The van der Waals surface area contributed by atoms with Crippen LogP contribution in [-0.4, -0.2) is 16.3 Å². The number of rotatable bonds is 4. The van der Waals surface area contributed by atoms with Gasteiger partial charge in [-0.2, -0.15) is 0 Å². The number of ketones is 1. The maximum Gasteiger partial charge on any atom is 0.198 e. The van der Waals surface area contributed by atoms with Crippen LogP contribution >= 0.6 is 0 Å². The maximum atomic E-state index is 13.8. The van der Waals surface area contributed by atoms with Crippen molar-refractivity contribution < 1.29 is 19.1 Å². The molecule has 0 saturated heterocycles. The first-order valence-electron chi connectivity index (χ1n) is 6.65. The number of benzene rings is 2. The highest BCUT2D eigenvalue weighted by atomic mass is 19.1. The summed E-state index contributed by atoms with van der Waals surface area (Å²) in [4.78, 5) is 23.4. The number of aliphatic carboxylic acids is 1. The number of carboxylic acids is 1. The first-order valence-corrected chi connectivity index (χ1v) is 6.65. The Kier molecular flexibility index (Phi) is 3.47. The quantitative estimate of drug-likeness (QED) is 0.689. The molecule has 3 rings (SSSR count). The van der Waals surface area contributed by atoms with Gasteiger partial charge >= 0.3 is 0 Å². The molecule has 2 aromatic carbocycles. The van der Waals surface area contributed by atoms with E-state index < -0.39 is 17.6 Å². The van der Waals surface area contributed by atoms with Crippen molar-refractivity contribution >= 4 is 22.7 Å². The van der Waals surface area contributed by atoms with Crippen molar-refractivity contribution in [3.8, 4) is 0 Å². The summed E-state index contributed by atoms with van der Waals surface area (Å²) in [6.07, 6.45) is 1.43. The predicted molar refractivity (Wildman–Crippen MR) is 76.8 cm³/mol. The fourth-order valence-corrected chi connectivity index (χ4v) is 2.49. The summed E-state index contributed by atoms with van der Waals surface area (Å²) in [5.41, 5.74) is 0.812. The van der Waals surface area contributed by atoms with Crippen LogP contribution in [0.5, 0.6) is 0 Å². The number of carbonyl (C=O) groups excluding carboxylic acids is 2. The van der Waals surface area contributed by atoms with Crippen LogP contribution in [0.4, 0.5) is 4.39 Å². The molecule has 1 heterocycles. The Balaban J connectivity index is 2.17. The third-order valence-electron chi connectivity index (χ3n) is 3.45. The van der Waals surface area contributed by atoms with E-state index in [0.29, 0.717) is 10.9 Å². The van der Waals surface area contributed by atoms with Gasteiger partial charge in [0, 0.05) is 22.7 Å². The Bertz CT molecular complexity index is 882. The molecule has 0 spiro atoms. The molecule has 0 aliphatic carbocycles. The lowest BCUT2D eigenvalue weighted by Gasteiger charge is -2.04. The largest absolute Gasteiger partial charge is 0.548 e. The van der Waals surface area contributed by atoms with Gasteiger partial charge in [-0.15, -0.1) is 0 Å². The van der Waals surface area contributed by atoms with Crippen LogP contribution in [0.15, 0.2) is 54.7 Å². The monoisotopic (exact) mass is 296 g/mol. The topological polar surface area (TPSA) is 62.1 Å². The van der Waals surface area contributed by atoms with Gasteiger partial charge in [0.25, 0.3) is 0 Å². The molecule has 0 aliphatic rings. The van der Waals surface area contributed by atoms with E-state index in [2.05, 4.69) is 0 Å². The lowest BCUT2D eigenvalue weighted by atomic mass is 10.0. The van der Waals surface area contributed by atoms with Crippen LogP contribution in [-0.2, 0) is 11.3 Å². The molecule has 0 N–H and O–H groups in total. The fraction of sp³-hybridized carbons (Fsp3) is 0.0588. The van der Waals surface area contributed by atoms with Gasteiger partial charge in [0.05, 0.1) is 18.1 Å². The van der Waals surface area contributed by atoms with Crippen molar-refractivity contribution in [2.24, 2.45) is 0 Å². The molecule has 0 radical (unpaired) electrons. The third-order valence-corrected chi connectivity index (χ3v) is 3.45. The SMILES string of the molecule is O=C([O-])Cn1cc(C(=O)c2ccccc2F)c2ccccc21. The molecule has 4 nitrogen and oxygen atoms in total. The van der Waals surface area contributed by atoms with Crippen molar-refractivity contribution in [1.29, 1.82) is 0 Å². The van der Waals surface area contributed by atoms with Crippen LogP contribution in [0.2, 0.25) is 0 Å². The van der Waals surface area contributed by atoms with Gasteiger partial charge in [0.1, 0.15) is 5.82 Å². The number of hydrogen-bond acceptors (Lipinski definition) is 3. The number of para-hydroxylation sites is 1. The van der Waals surface area contributed by atoms with Crippen LogP contribution in [0.1, 0.15) is 15.9 Å². The van der Waals surface area contributed by atoms with Crippen molar-refractivity contribution in [2.75, 3.05) is 0 Å². The zero-order valence-electron chi connectivity index (χ0n) is 11.5. The molecule has 0 bridgehead atoms. The summed E-state index contributed by atoms with van der Waals surface area (Å²) in [6.45, 7) is -0.370. The Morgan fingerprint density at radius 2 is 1.68 bits per heavy atom. The second-order valence-corrected chi connectivity index (χ2v) is 4.87. The number of carbonyl (C=O) groups is 2. The Morgan fingerprint density at radius 3 is 2.41 bits per heavy atom. The first-order chi connectivity index (χ1) is 10.6. The van der Waals surface area contributed by atoms with Crippen molar-refractivity contribution in [3.05, 3.63) is 71.7 Å². The van der Waals surface area contributed by atoms with E-state index in [4.69, 9.17) is 0 Å². The van der Waals surface area contributed by atoms with E-state index in [9.17, 15) is 19.1 Å². The van der Waals surface area contributed by atoms with Gasteiger partial charge in [-0.3, -0.25) is 4.79 Å². The van der Waals surface area contributed by atoms with Gasteiger partial charge < -0.3 is 14.5 Å². The van der Waals surface area contributed by atoms with Gasteiger partial charge in [0.2, 0.25) is 0 Å². The normalized spacial score (nSPS) is 10.8. The Morgan fingerprint density at radius 1 is 1.00 bits per heavy atom. The highest BCUT2D eigenvalue weighted by Crippen LogP contribution is 2.24. The van der Waals surface area contributed by atoms with Crippen LogP contribution < -0.4 is 5.11 Å². The molecular formula is C17H11FNO3-. The Hall–Kier alpha value is -2.95. The fourth-order valence-electron chi connectivity index (χ4n) is 2.49. The van der Waals surface area contributed by atoms with Crippen molar-refractivity contribution in [2.45, 2.75) is 6.54 Å². The van der Waals surface area contributed by atoms with Crippen molar-refractivity contribution in [1.82, 2.24) is 4.57 Å². The Labute approximate surface area is 125 Å². The molecule has 5 heteroatoms. The third kappa shape index (κ3) is 2.37. The highest BCUT2D eigenvalue weighted by molar-refractivity contribution is 6.16. The van der Waals surface area contributed by atoms with Crippen molar-refractivity contribution in [3.63, 3.8) is 0 Å². The molecule has 22 heavy (non-hydrogen) atoms. The van der Waals surface area contributed by atoms with E-state index >= 15 is 0 Å². The van der Waals surface area contributed by atoms with E-state index in [1.54, 1.807) is 30.3 Å². The zero-order valence-corrected chi connectivity index (χ0v) is 11.5. The summed E-state index contributed by atoms with van der Waals surface area (Å²) >= 11 is 0. The first kappa shape index (κ1) is 14.0. The standard InChI is InChI=1S/C17H12FNO3/c18-14-7-3-1-6-12(14)17(22)13-9-19(10-16(20)21)15-8-4-2-5-11(13)15/h1-9H,10H2,(H,20,21)/p-1. The van der Waals surface area contributed by atoms with Crippen LogP contribution in [0.3, 0.4) is 0 Å². The molecule has 0 unspecified atom stereocenters. The minimum atomic E-state index is -1.26. The molecule has 3 aromatic rings. The minimum absolute atomic E-state index is 0.0427. The molecule has 110 valence electrons. The second kappa shape index (κ2) is 5.44. The molecule has 0 amide bonds.